The van der Waals surface area contributed by atoms with Crippen molar-refractivity contribution in [3.63, 3.8) is 0 Å². The summed E-state index contributed by atoms with van der Waals surface area (Å²) in [5.74, 6) is -2.76. The van der Waals surface area contributed by atoms with Crippen molar-refractivity contribution in [1.29, 1.82) is 0 Å². The quantitative estimate of drug-likeness (QED) is 0.250. The summed E-state index contributed by atoms with van der Waals surface area (Å²) in [5.41, 5.74) is 1.90. The number of carbonyl (C=O) groups is 1. The third-order valence-corrected chi connectivity index (χ3v) is 6.79. The molecule has 4 heterocycles. The van der Waals surface area contributed by atoms with Crippen LogP contribution in [-0.2, 0) is 25.6 Å². The molecular weight excluding hydrogens is 490 g/mol. The number of nitrogens with zero attached hydrogens (tertiary/aromatic N) is 3. The molecule has 12 heteroatoms. The van der Waals surface area contributed by atoms with Gasteiger partial charge in [-0.2, -0.15) is 13.2 Å². The largest absolute Gasteiger partial charge is 0.485 e. The average Bonchev–Trinajstić information content (AvgIpc) is 3.38. The predicted octanol–water partition coefficient (Wildman–Crippen LogP) is 3.79. The van der Waals surface area contributed by atoms with Crippen molar-refractivity contribution < 1.29 is 26.9 Å². The molecule has 7 nitrogen and oxygen atoms in total. The van der Waals surface area contributed by atoms with E-state index >= 15 is 0 Å². The lowest BCUT2D eigenvalue weighted by molar-refractivity contribution is -0.727. The first-order valence-corrected chi connectivity index (χ1v) is 11.2. The van der Waals surface area contributed by atoms with Gasteiger partial charge in [-0.3, -0.25) is 14.0 Å². The normalized spacial score (nSPS) is 16.0. The summed E-state index contributed by atoms with van der Waals surface area (Å²) in [6.07, 6.45) is -2.73. The minimum absolute atomic E-state index is 0.00955. The summed E-state index contributed by atoms with van der Waals surface area (Å²) in [6.45, 7) is 1.72. The lowest BCUT2D eigenvalue weighted by Gasteiger charge is -2.20. The van der Waals surface area contributed by atoms with Gasteiger partial charge in [0.15, 0.2) is 5.78 Å². The smallest absolute Gasteiger partial charge is 0.326 e. The molecule has 0 saturated heterocycles. The van der Waals surface area contributed by atoms with E-state index in [1.54, 1.807) is 17.4 Å². The number of Topliss-reactive ketones (excluding diaryl/α,β-unsaturated/α-hetero) is 1. The highest BCUT2D eigenvalue weighted by atomic mass is 35.5. The maximum atomic E-state index is 14.7. The minimum atomic E-state index is -4.61. The van der Waals surface area contributed by atoms with Gasteiger partial charge in [-0.1, -0.05) is 17.7 Å². The molecule has 1 aromatic carbocycles. The number of aromatic nitrogens is 5. The van der Waals surface area contributed by atoms with E-state index in [9.17, 15) is 27.2 Å². The van der Waals surface area contributed by atoms with Crippen LogP contribution in [-0.4, -0.2) is 25.4 Å². The van der Waals surface area contributed by atoms with E-state index in [-0.39, 0.29) is 42.8 Å². The lowest BCUT2D eigenvalue weighted by Crippen LogP contribution is -2.48. The molecule has 2 N–H and O–H groups in total. The van der Waals surface area contributed by atoms with Gasteiger partial charge in [0.1, 0.15) is 16.5 Å². The van der Waals surface area contributed by atoms with Crippen LogP contribution >= 0.6 is 11.6 Å². The fourth-order valence-corrected chi connectivity index (χ4v) is 4.85. The first kappa shape index (κ1) is 23.3. The number of halogens is 5. The molecule has 35 heavy (non-hydrogen) atoms. The summed E-state index contributed by atoms with van der Waals surface area (Å²) in [7, 11) is 0. The molecule has 5 rings (SSSR count). The molecule has 0 fully saturated rings. The second-order valence-electron chi connectivity index (χ2n) is 8.64. The predicted molar refractivity (Wildman–Crippen MR) is 117 cm³/mol. The van der Waals surface area contributed by atoms with Crippen molar-refractivity contribution in [2.24, 2.45) is 5.92 Å². The molecule has 1 aliphatic rings. The fraction of sp³-hybridized carbons (Fsp3) is 0.304. The Morgan fingerprint density at radius 3 is 2.83 bits per heavy atom. The van der Waals surface area contributed by atoms with Crippen molar-refractivity contribution in [3.05, 3.63) is 85.8 Å². The van der Waals surface area contributed by atoms with Crippen LogP contribution < -0.4 is 10.1 Å². The Kier molecular flexibility index (Phi) is 5.54. The summed E-state index contributed by atoms with van der Waals surface area (Å²) in [4.78, 5) is 28.0. The number of aromatic amines is 2. The Hall–Kier alpha value is -3.47. The Labute approximate surface area is 200 Å². The zero-order chi connectivity index (χ0) is 25.1. The molecular formula is C23H19ClF4N5O2+. The highest BCUT2D eigenvalue weighted by Gasteiger charge is 2.46. The van der Waals surface area contributed by atoms with Crippen LogP contribution in [0.3, 0.4) is 0 Å². The van der Waals surface area contributed by atoms with Gasteiger partial charge in [-0.25, -0.2) is 8.96 Å². The van der Waals surface area contributed by atoms with Gasteiger partial charge in [0.2, 0.25) is 5.82 Å². The molecule has 0 spiro atoms. The van der Waals surface area contributed by atoms with Crippen LogP contribution in [0.4, 0.5) is 17.6 Å². The standard InChI is InChI=1S/C23H18ClF4N5O2/c1-11-6-17-21(35)29-10-14(33(17)20(11)24)7-12-2-3-16(25)15(8-12)19(34)13-4-5-32-18(9-13)30-31-22(32)23(26,27)28/h2-3,6,8,10,13H,4-5,7,9H2,1H3,(H,29,35)/p+1. The summed E-state index contributed by atoms with van der Waals surface area (Å²) >= 11 is 6.38. The van der Waals surface area contributed by atoms with Crippen LogP contribution in [0, 0.1) is 18.7 Å². The Morgan fingerprint density at radius 2 is 2.09 bits per heavy atom. The fourth-order valence-electron chi connectivity index (χ4n) is 4.60. The van der Waals surface area contributed by atoms with E-state index < -0.39 is 29.5 Å². The molecule has 0 aliphatic carbocycles. The van der Waals surface area contributed by atoms with Gasteiger partial charge in [-0.05, 0) is 42.7 Å². The van der Waals surface area contributed by atoms with Gasteiger partial charge in [0.25, 0.3) is 5.56 Å². The molecule has 4 aromatic rings. The average molecular weight is 509 g/mol. The molecule has 0 radical (unpaired) electrons. The van der Waals surface area contributed by atoms with Crippen LogP contribution in [0.1, 0.15) is 45.2 Å². The molecule has 0 bridgehead atoms. The number of fused-ring (bicyclic) bond motifs is 2. The van der Waals surface area contributed by atoms with E-state index in [2.05, 4.69) is 15.2 Å². The number of hydrogen-bond donors (Lipinski definition) is 2. The maximum Gasteiger partial charge on any atom is 0.485 e. The van der Waals surface area contributed by atoms with E-state index in [4.69, 9.17) is 11.6 Å². The van der Waals surface area contributed by atoms with E-state index in [1.807, 2.05) is 0 Å². The Balaban J connectivity index is 1.43. The van der Waals surface area contributed by atoms with Crippen molar-refractivity contribution in [1.82, 2.24) is 19.6 Å². The third-order valence-electron chi connectivity index (χ3n) is 6.32. The van der Waals surface area contributed by atoms with Crippen molar-refractivity contribution in [3.8, 4) is 0 Å². The third kappa shape index (κ3) is 4.03. The van der Waals surface area contributed by atoms with Gasteiger partial charge in [-0.15, -0.1) is 5.10 Å². The highest BCUT2D eigenvalue weighted by molar-refractivity contribution is 6.30. The minimum Gasteiger partial charge on any atom is -0.326 e. The number of rotatable bonds is 4. The van der Waals surface area contributed by atoms with Crippen LogP contribution in [0.25, 0.3) is 5.52 Å². The van der Waals surface area contributed by atoms with E-state index in [0.29, 0.717) is 21.9 Å². The molecule has 0 saturated carbocycles. The highest BCUT2D eigenvalue weighted by Crippen LogP contribution is 2.29. The van der Waals surface area contributed by atoms with Gasteiger partial charge < -0.3 is 4.98 Å². The number of benzene rings is 1. The zero-order valence-corrected chi connectivity index (χ0v) is 19.1. The first-order valence-electron chi connectivity index (χ1n) is 10.8. The van der Waals surface area contributed by atoms with Crippen molar-refractivity contribution in [2.75, 3.05) is 0 Å². The number of ketones is 1. The number of alkyl halides is 3. The number of carbonyl (C=O) groups excluding carboxylic acids is 1. The van der Waals surface area contributed by atoms with Crippen LogP contribution in [0.5, 0.6) is 0 Å². The maximum absolute atomic E-state index is 14.7. The molecule has 0 amide bonds. The number of aryl methyl sites for hydroxylation is 1. The van der Waals surface area contributed by atoms with Gasteiger partial charge >= 0.3 is 12.0 Å². The monoisotopic (exact) mass is 508 g/mol. The first-order chi connectivity index (χ1) is 16.5. The number of nitrogens with one attached hydrogen (secondary N) is 2. The lowest BCUT2D eigenvalue weighted by atomic mass is 9.88. The number of hydrogen-bond acceptors (Lipinski definition) is 3. The molecule has 182 valence electrons. The summed E-state index contributed by atoms with van der Waals surface area (Å²) < 4.78 is 56.6. The van der Waals surface area contributed by atoms with E-state index in [0.717, 1.165) is 10.1 Å². The Bertz CT molecular complexity index is 1540. The molecule has 1 unspecified atom stereocenters. The van der Waals surface area contributed by atoms with E-state index in [1.165, 1.54) is 24.4 Å². The Morgan fingerprint density at radius 1 is 1.31 bits per heavy atom. The zero-order valence-electron chi connectivity index (χ0n) is 18.3. The van der Waals surface area contributed by atoms with Gasteiger partial charge in [0, 0.05) is 35.7 Å². The summed E-state index contributed by atoms with van der Waals surface area (Å²) in [6, 6.07) is 5.83. The van der Waals surface area contributed by atoms with Crippen LogP contribution in [0.15, 0.2) is 35.3 Å². The molecule has 1 atom stereocenters. The molecule has 1 aliphatic heterocycles. The topological polar surface area (TPSA) is 86.9 Å². The van der Waals surface area contributed by atoms with Gasteiger partial charge in [0.05, 0.1) is 12.1 Å². The van der Waals surface area contributed by atoms with Crippen molar-refractivity contribution >= 4 is 22.9 Å². The molecule has 3 aromatic heterocycles. The van der Waals surface area contributed by atoms with Crippen LogP contribution in [0.2, 0.25) is 5.15 Å². The summed E-state index contributed by atoms with van der Waals surface area (Å²) in [5, 5.41) is 6.08. The number of H-pyrrole nitrogens is 2. The SMILES string of the molecule is Cc1cc2c(=O)[nH]cc(Cc3ccc(F)c(C(=O)C4CC[n+]5c(C(F)(F)F)n[nH]c5C4)c3)n2c1Cl. The van der Waals surface area contributed by atoms with Crippen molar-refractivity contribution in [2.45, 2.75) is 38.9 Å². The second kappa shape index (κ2) is 8.33. The second-order valence-corrected chi connectivity index (χ2v) is 8.99.